The molecule has 1 heterocycles. The predicted molar refractivity (Wildman–Crippen MR) is 85.0 cm³/mol. The molecule has 1 aliphatic heterocycles. The Hall–Kier alpha value is -2.64. The second-order valence-electron chi connectivity index (χ2n) is 6.33. The number of methoxy groups -OCH3 is 1. The van der Waals surface area contributed by atoms with Crippen molar-refractivity contribution in [3.05, 3.63) is 33.9 Å². The number of hydrogen-bond acceptors (Lipinski definition) is 7. The molecule has 0 bridgehead atoms. The van der Waals surface area contributed by atoms with Gasteiger partial charge in [-0.2, -0.15) is 0 Å². The minimum atomic E-state index is -1.04. The number of esters is 1. The van der Waals surface area contributed by atoms with E-state index in [4.69, 9.17) is 9.47 Å². The number of nitrogens with zero attached hydrogens (tertiary/aromatic N) is 1. The summed E-state index contributed by atoms with van der Waals surface area (Å²) >= 11 is 0. The Morgan fingerprint density at radius 1 is 1.36 bits per heavy atom. The van der Waals surface area contributed by atoms with Gasteiger partial charge in [0, 0.05) is 16.8 Å². The molecule has 0 radical (unpaired) electrons. The number of benzene rings is 1. The van der Waals surface area contributed by atoms with Gasteiger partial charge < -0.3 is 19.0 Å². The molecule has 1 aromatic carbocycles. The Bertz CT molecular complexity index is 690. The third kappa shape index (κ3) is 3.29. The van der Waals surface area contributed by atoms with E-state index in [-0.39, 0.29) is 18.1 Å². The van der Waals surface area contributed by atoms with E-state index in [0.29, 0.717) is 29.9 Å². The van der Waals surface area contributed by atoms with Gasteiger partial charge in [-0.1, -0.05) is 6.07 Å². The molecule has 4 atom stereocenters. The van der Waals surface area contributed by atoms with Crippen molar-refractivity contribution in [2.75, 3.05) is 13.9 Å². The third-order valence-corrected chi connectivity index (χ3v) is 5.04. The fourth-order valence-electron chi connectivity index (χ4n) is 3.84. The minimum Gasteiger partial charge on any atom is -0.469 e. The van der Waals surface area contributed by atoms with Crippen LogP contribution in [0.1, 0.15) is 30.7 Å². The zero-order valence-electron chi connectivity index (χ0n) is 13.8. The molecule has 1 saturated carbocycles. The molecule has 8 nitrogen and oxygen atoms in total. The first-order valence-corrected chi connectivity index (χ1v) is 8.10. The summed E-state index contributed by atoms with van der Waals surface area (Å²) in [7, 11) is 1.26. The average Bonchev–Trinajstić information content (AvgIpc) is 3.08. The summed E-state index contributed by atoms with van der Waals surface area (Å²) in [6.07, 6.45) is 1.68. The molecule has 134 valence electrons. The normalized spacial score (nSPS) is 27.6. The van der Waals surface area contributed by atoms with E-state index in [1.807, 2.05) is 0 Å². The molecule has 0 spiro atoms. The van der Waals surface area contributed by atoms with Crippen LogP contribution in [0, 0.1) is 22.0 Å². The van der Waals surface area contributed by atoms with Crippen LogP contribution < -0.4 is 9.47 Å². The van der Waals surface area contributed by atoms with Gasteiger partial charge in [-0.15, -0.1) is 0 Å². The van der Waals surface area contributed by atoms with Crippen LogP contribution in [0.2, 0.25) is 0 Å². The maximum absolute atomic E-state index is 11.8. The number of hydrogen-bond donors (Lipinski definition) is 0. The number of nitro groups is 1. The smallest absolute Gasteiger partial charge is 0.306 e. The maximum Gasteiger partial charge on any atom is 0.306 e. The highest BCUT2D eigenvalue weighted by Crippen LogP contribution is 2.45. The molecule has 0 aromatic heterocycles. The van der Waals surface area contributed by atoms with Crippen LogP contribution in [0.4, 0.5) is 0 Å². The van der Waals surface area contributed by atoms with Gasteiger partial charge in [0.15, 0.2) is 11.5 Å². The molecule has 0 unspecified atom stereocenters. The summed E-state index contributed by atoms with van der Waals surface area (Å²) in [5, 5.41) is 11.8. The summed E-state index contributed by atoms with van der Waals surface area (Å²) in [5.41, 5.74) is 0.651. The highest BCUT2D eigenvalue weighted by molar-refractivity contribution is 5.69. The highest BCUT2D eigenvalue weighted by Gasteiger charge is 2.48. The maximum atomic E-state index is 11.8. The molecule has 1 fully saturated rings. The van der Waals surface area contributed by atoms with Crippen molar-refractivity contribution >= 4 is 12.3 Å². The van der Waals surface area contributed by atoms with E-state index in [9.17, 15) is 19.7 Å². The molecular formula is C17H19NO7. The first kappa shape index (κ1) is 17.2. The second kappa shape index (κ2) is 7.08. The van der Waals surface area contributed by atoms with Crippen LogP contribution in [-0.2, 0) is 14.3 Å². The van der Waals surface area contributed by atoms with Crippen molar-refractivity contribution in [2.45, 2.75) is 31.2 Å². The third-order valence-electron chi connectivity index (χ3n) is 5.04. The lowest BCUT2D eigenvalue weighted by molar-refractivity contribution is -0.540. The Morgan fingerprint density at radius 2 is 2.12 bits per heavy atom. The van der Waals surface area contributed by atoms with Gasteiger partial charge in [0.2, 0.25) is 12.8 Å². The molecule has 25 heavy (non-hydrogen) atoms. The fraction of sp³-hybridized carbons (Fsp3) is 0.529. The van der Waals surface area contributed by atoms with Gasteiger partial charge in [0.25, 0.3) is 0 Å². The van der Waals surface area contributed by atoms with E-state index in [0.717, 1.165) is 6.29 Å². The Morgan fingerprint density at radius 3 is 2.80 bits per heavy atom. The Labute approximate surface area is 144 Å². The van der Waals surface area contributed by atoms with Gasteiger partial charge in [-0.25, -0.2) is 0 Å². The lowest BCUT2D eigenvalue weighted by Gasteiger charge is -2.35. The number of ether oxygens (including phenoxy) is 3. The van der Waals surface area contributed by atoms with Crippen LogP contribution in [0.25, 0.3) is 0 Å². The molecule has 0 saturated heterocycles. The van der Waals surface area contributed by atoms with Crippen LogP contribution >= 0.6 is 0 Å². The number of aldehydes is 1. The molecule has 1 aromatic rings. The van der Waals surface area contributed by atoms with Crippen molar-refractivity contribution in [1.82, 2.24) is 0 Å². The van der Waals surface area contributed by atoms with E-state index in [1.165, 1.54) is 7.11 Å². The lowest BCUT2D eigenvalue weighted by atomic mass is 9.67. The van der Waals surface area contributed by atoms with Crippen molar-refractivity contribution in [1.29, 1.82) is 0 Å². The van der Waals surface area contributed by atoms with Crippen molar-refractivity contribution in [2.24, 2.45) is 11.8 Å². The molecule has 0 N–H and O–H groups in total. The Balaban J connectivity index is 1.97. The SMILES string of the molecule is COC(=O)C[C@H]1CC[C@H](C=O)[C@@H](c2ccc3c(c2)OCO3)[C@@H]1[N+](=O)[O-]. The molecule has 2 aliphatic rings. The second-order valence-corrected chi connectivity index (χ2v) is 6.33. The first-order valence-electron chi connectivity index (χ1n) is 8.10. The predicted octanol–water partition coefficient (Wildman–Crippen LogP) is 1.93. The lowest BCUT2D eigenvalue weighted by Crippen LogP contribution is -2.44. The monoisotopic (exact) mass is 349 g/mol. The minimum absolute atomic E-state index is 0.0330. The molecule has 1 aliphatic carbocycles. The van der Waals surface area contributed by atoms with Crippen molar-refractivity contribution in [3.8, 4) is 11.5 Å². The quantitative estimate of drug-likeness (QED) is 0.346. The summed E-state index contributed by atoms with van der Waals surface area (Å²) in [4.78, 5) is 34.6. The average molecular weight is 349 g/mol. The van der Waals surface area contributed by atoms with Crippen LogP contribution in [0.3, 0.4) is 0 Å². The number of carbonyl (C=O) groups excluding carboxylic acids is 2. The number of rotatable bonds is 5. The van der Waals surface area contributed by atoms with E-state index >= 15 is 0 Å². The summed E-state index contributed by atoms with van der Waals surface area (Å²) in [5.74, 6) is -0.972. The zero-order valence-corrected chi connectivity index (χ0v) is 13.8. The van der Waals surface area contributed by atoms with Crippen LogP contribution in [0.15, 0.2) is 18.2 Å². The number of fused-ring (bicyclic) bond motifs is 1. The van der Waals surface area contributed by atoms with Crippen LogP contribution in [-0.4, -0.2) is 37.1 Å². The van der Waals surface area contributed by atoms with Gasteiger partial charge in [0.1, 0.15) is 6.29 Å². The molecular weight excluding hydrogens is 330 g/mol. The van der Waals surface area contributed by atoms with E-state index in [1.54, 1.807) is 18.2 Å². The van der Waals surface area contributed by atoms with Crippen molar-refractivity contribution in [3.63, 3.8) is 0 Å². The topological polar surface area (TPSA) is 105 Å². The van der Waals surface area contributed by atoms with E-state index in [2.05, 4.69) is 4.74 Å². The largest absolute Gasteiger partial charge is 0.469 e. The standard InChI is InChI=1S/C17H19NO7/c1-23-15(20)7-11-2-3-12(8-19)16(17(11)18(21)22)10-4-5-13-14(6-10)25-9-24-13/h4-6,8,11-12,16-17H,2-3,7,9H2,1H3/t11-,12-,16-,17-/m1/s1. The van der Waals surface area contributed by atoms with E-state index < -0.39 is 29.8 Å². The molecule has 0 amide bonds. The van der Waals surface area contributed by atoms with Gasteiger partial charge >= 0.3 is 5.97 Å². The summed E-state index contributed by atoms with van der Waals surface area (Å²) < 4.78 is 15.3. The van der Waals surface area contributed by atoms with Crippen LogP contribution in [0.5, 0.6) is 11.5 Å². The highest BCUT2D eigenvalue weighted by atomic mass is 16.7. The van der Waals surface area contributed by atoms with Crippen molar-refractivity contribution < 1.29 is 28.7 Å². The molecule has 8 heteroatoms. The summed E-state index contributed by atoms with van der Waals surface area (Å²) in [6.45, 7) is 0.101. The number of carbonyl (C=O) groups is 2. The first-order chi connectivity index (χ1) is 12.0. The van der Waals surface area contributed by atoms with Gasteiger partial charge in [-0.3, -0.25) is 14.9 Å². The fourth-order valence-corrected chi connectivity index (χ4v) is 3.84. The van der Waals surface area contributed by atoms with Gasteiger partial charge in [0.05, 0.1) is 19.4 Å². The molecule has 3 rings (SSSR count). The zero-order chi connectivity index (χ0) is 18.0. The summed E-state index contributed by atoms with van der Waals surface area (Å²) in [6, 6.07) is 4.08. The Kier molecular flexibility index (Phi) is 4.87. The van der Waals surface area contributed by atoms with Gasteiger partial charge in [-0.05, 0) is 30.5 Å².